The standard InChI is InChI=1S/C19H24FN3O4/c1-9-16-13(10-2-3-10)5-14(19(26)27)18(25)23(16)8-15(20)17(9)22-7-12(24)4-11(22)6-21/h5,8,10-13,16,24H,2-4,6-7,21H2,1H3,(H,26,27)/t11-,12-,13?,16?/m1/s1. The van der Waals surface area contributed by atoms with Gasteiger partial charge in [-0.3, -0.25) is 4.79 Å². The van der Waals surface area contributed by atoms with Crippen molar-refractivity contribution in [1.82, 2.24) is 9.80 Å². The molecule has 0 radical (unpaired) electrons. The van der Waals surface area contributed by atoms with Crippen LogP contribution in [-0.4, -0.2) is 63.2 Å². The van der Waals surface area contributed by atoms with Gasteiger partial charge in [0.05, 0.1) is 17.8 Å². The van der Waals surface area contributed by atoms with Crippen LogP contribution in [0, 0.1) is 11.8 Å². The van der Waals surface area contributed by atoms with Gasteiger partial charge >= 0.3 is 5.97 Å². The predicted molar refractivity (Wildman–Crippen MR) is 94.6 cm³/mol. The Morgan fingerprint density at radius 3 is 2.70 bits per heavy atom. The first-order valence-corrected chi connectivity index (χ1v) is 9.34. The minimum Gasteiger partial charge on any atom is -0.478 e. The molecule has 0 bridgehead atoms. The van der Waals surface area contributed by atoms with Gasteiger partial charge in [0.1, 0.15) is 5.57 Å². The van der Waals surface area contributed by atoms with Gasteiger partial charge in [-0.2, -0.15) is 0 Å². The molecule has 1 saturated carbocycles. The van der Waals surface area contributed by atoms with Crippen molar-refractivity contribution in [2.75, 3.05) is 13.1 Å². The lowest BCUT2D eigenvalue weighted by Crippen LogP contribution is -2.51. The summed E-state index contributed by atoms with van der Waals surface area (Å²) in [6.07, 6.45) is 4.52. The Kier molecular flexibility index (Phi) is 4.35. The van der Waals surface area contributed by atoms with E-state index in [0.29, 0.717) is 36.7 Å². The van der Waals surface area contributed by atoms with Gasteiger partial charge in [-0.15, -0.1) is 0 Å². The number of hydrogen-bond donors (Lipinski definition) is 3. The number of aliphatic hydroxyl groups is 1. The number of carbonyl (C=O) groups excluding carboxylic acids is 1. The Hall–Kier alpha value is -2.19. The van der Waals surface area contributed by atoms with Gasteiger partial charge in [0, 0.05) is 31.2 Å². The molecule has 3 aliphatic heterocycles. The number of carboxylic acids is 1. The number of carbonyl (C=O) groups is 2. The smallest absolute Gasteiger partial charge is 0.341 e. The average Bonchev–Trinajstić information content (AvgIpc) is 3.38. The van der Waals surface area contributed by atoms with Crippen LogP contribution in [0.1, 0.15) is 26.2 Å². The first-order valence-electron chi connectivity index (χ1n) is 9.34. The van der Waals surface area contributed by atoms with Gasteiger partial charge < -0.3 is 25.7 Å². The number of amides is 1. The van der Waals surface area contributed by atoms with E-state index in [2.05, 4.69) is 0 Å². The van der Waals surface area contributed by atoms with Crippen LogP contribution in [0.15, 0.2) is 34.9 Å². The van der Waals surface area contributed by atoms with Crippen molar-refractivity contribution in [3.05, 3.63) is 34.9 Å². The molecule has 1 aliphatic carbocycles. The lowest BCUT2D eigenvalue weighted by Gasteiger charge is -2.43. The number of fused-ring (bicyclic) bond motifs is 1. The summed E-state index contributed by atoms with van der Waals surface area (Å²) in [5.41, 5.74) is 6.60. The Morgan fingerprint density at radius 2 is 2.11 bits per heavy atom. The van der Waals surface area contributed by atoms with E-state index in [-0.39, 0.29) is 17.5 Å². The Morgan fingerprint density at radius 1 is 1.41 bits per heavy atom. The fraction of sp³-hybridized carbons (Fsp3) is 0.579. The predicted octanol–water partition coefficient (Wildman–Crippen LogP) is 0.727. The van der Waals surface area contributed by atoms with Crippen molar-refractivity contribution in [3.63, 3.8) is 0 Å². The highest BCUT2D eigenvalue weighted by molar-refractivity contribution is 6.16. The molecule has 2 unspecified atom stereocenters. The second kappa shape index (κ2) is 6.45. The summed E-state index contributed by atoms with van der Waals surface area (Å²) in [7, 11) is 0. The Balaban J connectivity index is 1.79. The van der Waals surface area contributed by atoms with Crippen LogP contribution in [0.4, 0.5) is 4.39 Å². The van der Waals surface area contributed by atoms with Crippen molar-refractivity contribution < 1.29 is 24.2 Å². The first-order chi connectivity index (χ1) is 12.8. The van der Waals surface area contributed by atoms with Crippen molar-refractivity contribution in [1.29, 1.82) is 0 Å². The maximum Gasteiger partial charge on any atom is 0.341 e. The van der Waals surface area contributed by atoms with Gasteiger partial charge in [-0.25, -0.2) is 9.18 Å². The van der Waals surface area contributed by atoms with Crippen molar-refractivity contribution in [2.45, 2.75) is 44.4 Å². The third-order valence-electron chi connectivity index (χ3n) is 6.13. The summed E-state index contributed by atoms with van der Waals surface area (Å²) in [5, 5.41) is 19.4. The molecule has 0 aromatic carbocycles. The summed E-state index contributed by atoms with van der Waals surface area (Å²) in [6.45, 7) is 2.38. The second-order valence-corrected chi connectivity index (χ2v) is 7.90. The largest absolute Gasteiger partial charge is 0.478 e. The molecule has 4 N–H and O–H groups in total. The molecule has 3 heterocycles. The molecule has 0 aromatic rings. The van der Waals surface area contributed by atoms with Crippen LogP contribution < -0.4 is 5.73 Å². The van der Waals surface area contributed by atoms with Gasteiger partial charge in [0.25, 0.3) is 5.91 Å². The molecule has 4 atom stereocenters. The molecule has 0 aromatic heterocycles. The molecule has 27 heavy (non-hydrogen) atoms. The van der Waals surface area contributed by atoms with E-state index >= 15 is 4.39 Å². The summed E-state index contributed by atoms with van der Waals surface area (Å²) < 4.78 is 15.1. The molecule has 2 fully saturated rings. The molecule has 1 saturated heterocycles. The number of aliphatic carboxylic acids is 1. The van der Waals surface area contributed by atoms with Crippen molar-refractivity contribution in [2.24, 2.45) is 17.6 Å². The van der Waals surface area contributed by atoms with Crippen LogP contribution in [-0.2, 0) is 9.59 Å². The molecule has 146 valence electrons. The van der Waals surface area contributed by atoms with E-state index in [1.165, 1.54) is 4.90 Å². The number of β-amino-alcohol motifs (C(OH)–C–C–N with tert-alkyl or cyclic N) is 1. The zero-order valence-electron chi connectivity index (χ0n) is 15.1. The highest BCUT2D eigenvalue weighted by atomic mass is 19.1. The molecule has 4 rings (SSSR count). The molecule has 4 aliphatic rings. The summed E-state index contributed by atoms with van der Waals surface area (Å²) in [4.78, 5) is 27.2. The lowest BCUT2D eigenvalue weighted by molar-refractivity contribution is -0.138. The molecule has 1 amide bonds. The van der Waals surface area contributed by atoms with E-state index in [9.17, 15) is 19.8 Å². The van der Waals surface area contributed by atoms with E-state index < -0.39 is 29.8 Å². The third kappa shape index (κ3) is 2.87. The van der Waals surface area contributed by atoms with Crippen molar-refractivity contribution >= 4 is 11.9 Å². The number of aliphatic hydroxyl groups excluding tert-OH is 1. The first kappa shape index (κ1) is 18.2. The van der Waals surface area contributed by atoms with E-state index in [1.807, 2.05) is 0 Å². The molecule has 7 nitrogen and oxygen atoms in total. The normalized spacial score (nSPS) is 33.9. The average molecular weight is 377 g/mol. The van der Waals surface area contributed by atoms with Crippen LogP contribution >= 0.6 is 0 Å². The van der Waals surface area contributed by atoms with Crippen LogP contribution in [0.3, 0.4) is 0 Å². The summed E-state index contributed by atoms with van der Waals surface area (Å²) >= 11 is 0. The fourth-order valence-electron chi connectivity index (χ4n) is 4.74. The van der Waals surface area contributed by atoms with E-state index in [0.717, 1.165) is 19.0 Å². The third-order valence-corrected chi connectivity index (χ3v) is 6.13. The number of rotatable bonds is 4. The lowest BCUT2D eigenvalue weighted by atomic mass is 9.81. The highest BCUT2D eigenvalue weighted by Crippen LogP contribution is 2.48. The summed E-state index contributed by atoms with van der Waals surface area (Å²) in [6, 6.07) is -0.571. The maximum atomic E-state index is 15.1. The quantitative estimate of drug-likeness (QED) is 0.624. The number of nitrogens with zero attached hydrogens (tertiary/aromatic N) is 2. The van der Waals surface area contributed by atoms with E-state index in [4.69, 9.17) is 5.73 Å². The Labute approximate surface area is 156 Å². The number of halogens is 1. The van der Waals surface area contributed by atoms with Crippen LogP contribution in [0.2, 0.25) is 0 Å². The molecule has 8 heteroatoms. The zero-order chi connectivity index (χ0) is 19.5. The SMILES string of the molecule is CC1=C(N2C[C@H](O)C[C@@H]2CN)C(F)=CN2C(=O)C(C(=O)O)=CC(C3CC3)C12. The Bertz CT molecular complexity index is 786. The number of nitrogens with two attached hydrogens (primary N) is 1. The number of carboxylic acid groups (broad SMARTS) is 1. The highest BCUT2D eigenvalue weighted by Gasteiger charge is 2.49. The molecule has 0 spiro atoms. The minimum absolute atomic E-state index is 0.156. The molecular formula is C19H24FN3O4. The number of allylic oxidation sites excluding steroid dienone is 1. The van der Waals surface area contributed by atoms with Gasteiger partial charge in [-0.05, 0) is 37.7 Å². The van der Waals surface area contributed by atoms with Crippen LogP contribution in [0.25, 0.3) is 0 Å². The topological polar surface area (TPSA) is 107 Å². The van der Waals surface area contributed by atoms with Gasteiger partial charge in [0.2, 0.25) is 0 Å². The van der Waals surface area contributed by atoms with Gasteiger partial charge in [0.15, 0.2) is 5.83 Å². The van der Waals surface area contributed by atoms with Gasteiger partial charge in [-0.1, -0.05) is 6.08 Å². The monoisotopic (exact) mass is 377 g/mol. The molecular weight excluding hydrogens is 353 g/mol. The second-order valence-electron chi connectivity index (χ2n) is 7.90. The number of likely N-dealkylation sites (tertiary alicyclic amines) is 1. The van der Waals surface area contributed by atoms with Crippen molar-refractivity contribution in [3.8, 4) is 0 Å². The number of hydrogen-bond acceptors (Lipinski definition) is 5. The fourth-order valence-corrected chi connectivity index (χ4v) is 4.74. The summed E-state index contributed by atoms with van der Waals surface area (Å²) in [5.74, 6) is -2.42. The zero-order valence-corrected chi connectivity index (χ0v) is 15.1. The minimum atomic E-state index is -1.28. The van der Waals surface area contributed by atoms with Crippen LogP contribution in [0.5, 0.6) is 0 Å². The maximum absolute atomic E-state index is 15.1. The van der Waals surface area contributed by atoms with E-state index in [1.54, 1.807) is 17.9 Å².